The molecule has 1 unspecified atom stereocenters. The highest BCUT2D eigenvalue weighted by Gasteiger charge is 2.48. The molecule has 120 valence electrons. The Kier molecular flexibility index (Phi) is 3.57. The molecule has 23 heavy (non-hydrogen) atoms. The Morgan fingerprint density at radius 1 is 1.52 bits per heavy atom. The molecule has 1 aliphatic heterocycles. The van der Waals surface area contributed by atoms with E-state index in [2.05, 4.69) is 9.97 Å². The number of carbonyl (C=O) groups excluding carboxylic acids is 2. The highest BCUT2D eigenvalue weighted by Crippen LogP contribution is 2.41. The minimum Gasteiger partial charge on any atom is -0.367 e. The fourth-order valence-electron chi connectivity index (χ4n) is 3.36. The van der Waals surface area contributed by atoms with E-state index in [-0.39, 0.29) is 23.1 Å². The van der Waals surface area contributed by atoms with E-state index in [4.69, 9.17) is 4.74 Å². The quantitative estimate of drug-likeness (QED) is 0.836. The van der Waals surface area contributed by atoms with Crippen LogP contribution in [-0.4, -0.2) is 51.9 Å². The highest BCUT2D eigenvalue weighted by molar-refractivity contribution is 6.04. The minimum absolute atomic E-state index is 0.105. The van der Waals surface area contributed by atoms with Gasteiger partial charge in [-0.1, -0.05) is 13.8 Å². The number of nitrogens with one attached hydrogen (secondary N) is 1. The predicted molar refractivity (Wildman–Crippen MR) is 80.3 cm³/mol. The summed E-state index contributed by atoms with van der Waals surface area (Å²) in [5.41, 5.74) is -1.40. The Morgan fingerprint density at radius 3 is 2.96 bits per heavy atom. The second-order valence-electron chi connectivity index (χ2n) is 6.64. The molecule has 7 nitrogen and oxygen atoms in total. The van der Waals surface area contributed by atoms with Crippen LogP contribution in [0.2, 0.25) is 0 Å². The molecule has 1 spiro atoms. The molecule has 2 heterocycles. The van der Waals surface area contributed by atoms with Gasteiger partial charge in [0.1, 0.15) is 11.7 Å². The summed E-state index contributed by atoms with van der Waals surface area (Å²) in [6, 6.07) is 1.96. The molecule has 0 saturated carbocycles. The van der Waals surface area contributed by atoms with Crippen molar-refractivity contribution in [3.63, 3.8) is 0 Å². The van der Waals surface area contributed by atoms with Crippen LogP contribution >= 0.6 is 0 Å². The van der Waals surface area contributed by atoms with E-state index in [0.717, 1.165) is 0 Å². The average molecular weight is 314 g/mol. The molecule has 1 aromatic heterocycles. The number of aromatic nitrogens is 2. The number of ketones is 1. The molecule has 1 atom stereocenters. The summed E-state index contributed by atoms with van der Waals surface area (Å²) in [5, 5.41) is 9.24. The van der Waals surface area contributed by atoms with Crippen LogP contribution < -0.4 is 0 Å². The van der Waals surface area contributed by atoms with E-state index in [0.29, 0.717) is 26.1 Å². The lowest BCUT2D eigenvalue weighted by Gasteiger charge is -2.46. The number of hydrogen-bond acceptors (Lipinski definition) is 5. The van der Waals surface area contributed by atoms with Crippen molar-refractivity contribution in [2.24, 2.45) is 5.41 Å². The maximum absolute atomic E-state index is 12.5. The van der Waals surface area contributed by atoms with Crippen LogP contribution in [0.3, 0.4) is 0 Å². The van der Waals surface area contributed by atoms with Gasteiger partial charge in [0.05, 0.1) is 18.7 Å². The van der Waals surface area contributed by atoms with E-state index in [1.165, 1.54) is 6.20 Å². The maximum atomic E-state index is 12.5. The van der Waals surface area contributed by atoms with E-state index >= 15 is 0 Å². The average Bonchev–Trinajstić information content (AvgIpc) is 3.04. The first kappa shape index (κ1) is 15.4. The predicted octanol–water partition coefficient (Wildman–Crippen LogP) is 1.07. The lowest BCUT2D eigenvalue weighted by Crippen LogP contribution is -2.57. The maximum Gasteiger partial charge on any atom is 0.289 e. The molecular formula is C16H18N4O3. The summed E-state index contributed by atoms with van der Waals surface area (Å²) >= 11 is 0. The molecule has 1 fully saturated rings. The molecule has 1 saturated heterocycles. The number of hydrogen-bond donors (Lipinski definition) is 1. The Balaban J connectivity index is 1.91. The summed E-state index contributed by atoms with van der Waals surface area (Å²) in [7, 11) is 0. The van der Waals surface area contributed by atoms with E-state index < -0.39 is 11.0 Å². The van der Waals surface area contributed by atoms with E-state index in [1.807, 2.05) is 6.07 Å². The highest BCUT2D eigenvalue weighted by atomic mass is 16.5. The van der Waals surface area contributed by atoms with Gasteiger partial charge in [0.25, 0.3) is 5.91 Å². The monoisotopic (exact) mass is 314 g/mol. The third-order valence-corrected chi connectivity index (χ3v) is 4.33. The number of morpholine rings is 1. The SMILES string of the molecule is CC1(C)CC2(C=C(C#N)C1=O)CN(C(=O)c1ncc[nH]1)CCO2. The van der Waals surface area contributed by atoms with Crippen molar-refractivity contribution in [1.29, 1.82) is 5.26 Å². The molecule has 7 heteroatoms. The van der Waals surface area contributed by atoms with Crippen LogP contribution in [0.1, 0.15) is 30.9 Å². The number of amides is 1. The number of nitriles is 1. The lowest BCUT2D eigenvalue weighted by molar-refractivity contribution is -0.134. The molecular weight excluding hydrogens is 296 g/mol. The lowest BCUT2D eigenvalue weighted by atomic mass is 9.69. The van der Waals surface area contributed by atoms with E-state index in [9.17, 15) is 14.9 Å². The number of rotatable bonds is 1. The van der Waals surface area contributed by atoms with Crippen molar-refractivity contribution in [1.82, 2.24) is 14.9 Å². The third-order valence-electron chi connectivity index (χ3n) is 4.33. The normalized spacial score (nSPS) is 26.7. The van der Waals surface area contributed by atoms with Gasteiger partial charge >= 0.3 is 0 Å². The standard InChI is InChI=1S/C16H18N4O3/c1-15(2)9-16(7-11(8-17)12(15)21)10-20(5-6-23-16)14(22)13-18-3-4-19-13/h3-4,7H,5-6,9-10H2,1-2H3,(H,18,19). The smallest absolute Gasteiger partial charge is 0.289 e. The van der Waals surface area contributed by atoms with Crippen LogP contribution in [0.15, 0.2) is 24.0 Å². The number of Topliss-reactive ketones (excluding diaryl/α,β-unsaturated/α-hetero) is 1. The van der Waals surface area contributed by atoms with Crippen molar-refractivity contribution in [2.45, 2.75) is 25.9 Å². The number of ether oxygens (including phenoxy) is 1. The van der Waals surface area contributed by atoms with Gasteiger partial charge in [0.2, 0.25) is 0 Å². The van der Waals surface area contributed by atoms with Crippen molar-refractivity contribution in [3.8, 4) is 6.07 Å². The molecule has 0 bridgehead atoms. The van der Waals surface area contributed by atoms with Crippen LogP contribution in [0.5, 0.6) is 0 Å². The molecule has 1 N–H and O–H groups in total. The number of carbonyl (C=O) groups is 2. The first-order valence-electron chi connectivity index (χ1n) is 7.47. The second kappa shape index (κ2) is 5.32. The molecule has 1 amide bonds. The van der Waals surface area contributed by atoms with E-state index in [1.54, 1.807) is 31.0 Å². The van der Waals surface area contributed by atoms with Crippen molar-refractivity contribution >= 4 is 11.7 Å². The van der Waals surface area contributed by atoms with Gasteiger partial charge < -0.3 is 14.6 Å². The van der Waals surface area contributed by atoms with Gasteiger partial charge in [-0.25, -0.2) is 4.98 Å². The molecule has 0 aromatic carbocycles. The number of aromatic amines is 1. The summed E-state index contributed by atoms with van der Waals surface area (Å²) < 4.78 is 5.92. The first-order valence-corrected chi connectivity index (χ1v) is 7.47. The Morgan fingerprint density at radius 2 is 2.30 bits per heavy atom. The Labute approximate surface area is 133 Å². The van der Waals surface area contributed by atoms with Crippen molar-refractivity contribution in [2.75, 3.05) is 19.7 Å². The summed E-state index contributed by atoms with van der Waals surface area (Å²) in [5.74, 6) is -0.110. The van der Waals surface area contributed by atoms with Gasteiger partial charge in [-0.3, -0.25) is 9.59 Å². The number of imidazole rings is 1. The van der Waals surface area contributed by atoms with Crippen molar-refractivity contribution < 1.29 is 14.3 Å². The Bertz CT molecular complexity index is 714. The number of nitrogens with zero attached hydrogens (tertiary/aromatic N) is 3. The Hall–Kier alpha value is -2.46. The van der Waals surface area contributed by atoms with Gasteiger partial charge in [0, 0.05) is 24.4 Å². The van der Waals surface area contributed by atoms with Crippen LogP contribution in [0.25, 0.3) is 0 Å². The molecule has 0 radical (unpaired) electrons. The summed E-state index contributed by atoms with van der Waals surface area (Å²) in [4.78, 5) is 33.2. The zero-order valence-corrected chi connectivity index (χ0v) is 13.1. The number of allylic oxidation sites excluding steroid dienone is 1. The zero-order valence-electron chi connectivity index (χ0n) is 13.1. The van der Waals surface area contributed by atoms with Crippen LogP contribution in [-0.2, 0) is 9.53 Å². The van der Waals surface area contributed by atoms with Crippen LogP contribution in [0.4, 0.5) is 0 Å². The number of H-pyrrole nitrogens is 1. The van der Waals surface area contributed by atoms with Gasteiger partial charge in [-0.05, 0) is 12.5 Å². The second-order valence-corrected chi connectivity index (χ2v) is 6.64. The molecule has 1 aliphatic carbocycles. The largest absolute Gasteiger partial charge is 0.367 e. The summed E-state index contributed by atoms with van der Waals surface area (Å²) in [6.45, 7) is 4.71. The van der Waals surface area contributed by atoms with Crippen LogP contribution in [0, 0.1) is 16.7 Å². The first-order chi connectivity index (χ1) is 10.9. The topological polar surface area (TPSA) is 99.1 Å². The minimum atomic E-state index is -0.803. The van der Waals surface area contributed by atoms with Gasteiger partial charge in [0.15, 0.2) is 11.6 Å². The zero-order chi connectivity index (χ0) is 16.7. The van der Waals surface area contributed by atoms with Gasteiger partial charge in [-0.15, -0.1) is 0 Å². The summed E-state index contributed by atoms with van der Waals surface area (Å²) in [6.07, 6.45) is 5.15. The van der Waals surface area contributed by atoms with Gasteiger partial charge in [-0.2, -0.15) is 5.26 Å². The molecule has 2 aliphatic rings. The fraction of sp³-hybridized carbons (Fsp3) is 0.500. The van der Waals surface area contributed by atoms with Crippen molar-refractivity contribution in [3.05, 3.63) is 29.9 Å². The molecule has 1 aromatic rings. The molecule has 3 rings (SSSR count). The fourth-order valence-corrected chi connectivity index (χ4v) is 3.36. The third kappa shape index (κ3) is 2.66.